The minimum Gasteiger partial charge on any atom is -0.321 e. The number of rotatable bonds is 4. The monoisotopic (exact) mass is 366 g/mol. The van der Waals surface area contributed by atoms with E-state index in [1.165, 1.54) is 0 Å². The maximum atomic E-state index is 12.3. The summed E-state index contributed by atoms with van der Waals surface area (Å²) < 4.78 is 23.0. The zero-order valence-electron chi connectivity index (χ0n) is 13.7. The van der Waals surface area contributed by atoms with E-state index in [9.17, 15) is 13.2 Å². The lowest BCUT2D eigenvalue weighted by Gasteiger charge is -2.25. The number of hydrogen-bond acceptors (Lipinski definition) is 3. The molecule has 1 N–H and O–H groups in total. The molecule has 0 aromatic heterocycles. The SMILES string of the molecule is CC(c1ccc(S(C)(=O)=O)cc1)N(C)C(=O)Nc1ccc(Cl)cc1. The maximum Gasteiger partial charge on any atom is 0.322 e. The van der Waals surface area contributed by atoms with Gasteiger partial charge < -0.3 is 10.2 Å². The smallest absolute Gasteiger partial charge is 0.321 e. The third-order valence-electron chi connectivity index (χ3n) is 3.79. The average molecular weight is 367 g/mol. The Hall–Kier alpha value is -2.05. The van der Waals surface area contributed by atoms with E-state index in [-0.39, 0.29) is 17.0 Å². The van der Waals surface area contributed by atoms with Crippen molar-refractivity contribution in [2.24, 2.45) is 0 Å². The topological polar surface area (TPSA) is 66.5 Å². The first-order valence-electron chi connectivity index (χ1n) is 7.28. The minimum absolute atomic E-state index is 0.217. The Balaban J connectivity index is 2.09. The van der Waals surface area contributed by atoms with Gasteiger partial charge in [-0.15, -0.1) is 0 Å². The third kappa shape index (κ3) is 4.49. The second-order valence-electron chi connectivity index (χ2n) is 5.57. The summed E-state index contributed by atoms with van der Waals surface area (Å²) in [5.41, 5.74) is 1.49. The molecule has 0 radical (unpaired) electrons. The van der Waals surface area contributed by atoms with Crippen LogP contribution in [0.15, 0.2) is 53.4 Å². The summed E-state index contributed by atoms with van der Waals surface area (Å²) in [6.07, 6.45) is 1.16. The average Bonchev–Trinajstić information content (AvgIpc) is 2.55. The van der Waals surface area contributed by atoms with Crippen LogP contribution in [0, 0.1) is 0 Å². The zero-order valence-corrected chi connectivity index (χ0v) is 15.2. The molecule has 128 valence electrons. The Morgan fingerprint density at radius 1 is 1.08 bits per heavy atom. The van der Waals surface area contributed by atoms with E-state index >= 15 is 0 Å². The predicted octanol–water partition coefficient (Wildman–Crippen LogP) is 3.97. The number of carbonyl (C=O) groups excluding carboxylic acids is 1. The lowest BCUT2D eigenvalue weighted by atomic mass is 10.1. The Bertz CT molecular complexity index is 818. The summed E-state index contributed by atoms with van der Waals surface area (Å²) in [6.45, 7) is 1.87. The van der Waals surface area contributed by atoms with E-state index in [0.717, 1.165) is 11.8 Å². The van der Waals surface area contributed by atoms with Gasteiger partial charge in [-0.3, -0.25) is 0 Å². The highest BCUT2D eigenvalue weighted by Gasteiger charge is 2.18. The van der Waals surface area contributed by atoms with Gasteiger partial charge in [0.2, 0.25) is 0 Å². The highest BCUT2D eigenvalue weighted by Crippen LogP contribution is 2.22. The van der Waals surface area contributed by atoms with Gasteiger partial charge >= 0.3 is 6.03 Å². The molecule has 0 fully saturated rings. The fourth-order valence-corrected chi connectivity index (χ4v) is 2.89. The van der Waals surface area contributed by atoms with Crippen LogP contribution < -0.4 is 5.32 Å². The number of nitrogens with one attached hydrogen (secondary N) is 1. The Morgan fingerprint density at radius 2 is 1.62 bits per heavy atom. The molecular formula is C17H19ClN2O3S. The molecule has 0 aliphatic rings. The molecule has 2 rings (SSSR count). The normalized spacial score (nSPS) is 12.5. The van der Waals surface area contributed by atoms with Crippen LogP contribution in [0.3, 0.4) is 0 Å². The first-order chi connectivity index (χ1) is 11.2. The van der Waals surface area contributed by atoms with Crippen molar-refractivity contribution in [2.75, 3.05) is 18.6 Å². The van der Waals surface area contributed by atoms with Crippen molar-refractivity contribution >= 4 is 33.2 Å². The molecule has 0 saturated heterocycles. The van der Waals surface area contributed by atoms with Crippen LogP contribution in [-0.4, -0.2) is 32.7 Å². The third-order valence-corrected chi connectivity index (χ3v) is 5.17. The van der Waals surface area contributed by atoms with Gasteiger partial charge in [-0.05, 0) is 48.9 Å². The van der Waals surface area contributed by atoms with Crippen LogP contribution in [0.1, 0.15) is 18.5 Å². The van der Waals surface area contributed by atoms with E-state index in [4.69, 9.17) is 11.6 Å². The lowest BCUT2D eigenvalue weighted by molar-refractivity contribution is 0.208. The van der Waals surface area contributed by atoms with Crippen molar-refractivity contribution in [3.8, 4) is 0 Å². The number of amides is 2. The molecule has 24 heavy (non-hydrogen) atoms. The molecular weight excluding hydrogens is 348 g/mol. The molecule has 1 atom stereocenters. The van der Waals surface area contributed by atoms with Gasteiger partial charge in [0.25, 0.3) is 0 Å². The number of urea groups is 1. The molecule has 2 aromatic rings. The first kappa shape index (κ1) is 18.3. The summed E-state index contributed by atoms with van der Waals surface area (Å²) in [5.74, 6) is 0. The van der Waals surface area contributed by atoms with Crippen molar-refractivity contribution in [3.05, 3.63) is 59.1 Å². The van der Waals surface area contributed by atoms with Gasteiger partial charge in [0.05, 0.1) is 10.9 Å². The molecule has 0 saturated carbocycles. The molecule has 2 aromatic carbocycles. The highest BCUT2D eigenvalue weighted by atomic mass is 35.5. The number of sulfone groups is 1. The van der Waals surface area contributed by atoms with Gasteiger partial charge in [0.1, 0.15) is 0 Å². The molecule has 0 aliphatic carbocycles. The van der Waals surface area contributed by atoms with Gasteiger partial charge in [-0.1, -0.05) is 23.7 Å². The zero-order chi connectivity index (χ0) is 17.9. The predicted molar refractivity (Wildman–Crippen MR) is 96.2 cm³/mol. The van der Waals surface area contributed by atoms with Crippen LogP contribution in [0.4, 0.5) is 10.5 Å². The van der Waals surface area contributed by atoms with Gasteiger partial charge in [-0.25, -0.2) is 13.2 Å². The van der Waals surface area contributed by atoms with Crippen LogP contribution in [0.2, 0.25) is 5.02 Å². The Kier molecular flexibility index (Phi) is 5.51. The fourth-order valence-electron chi connectivity index (χ4n) is 2.14. The van der Waals surface area contributed by atoms with Gasteiger partial charge in [-0.2, -0.15) is 0 Å². The van der Waals surface area contributed by atoms with Crippen molar-refractivity contribution in [3.63, 3.8) is 0 Å². The summed E-state index contributed by atoms with van der Waals surface area (Å²) in [6, 6.07) is 12.9. The van der Waals surface area contributed by atoms with E-state index in [2.05, 4.69) is 5.32 Å². The summed E-state index contributed by atoms with van der Waals surface area (Å²) in [7, 11) is -1.55. The number of halogens is 1. The van der Waals surface area contributed by atoms with E-state index in [1.54, 1.807) is 60.5 Å². The Labute approximate surface area is 147 Å². The van der Waals surface area contributed by atoms with Crippen LogP contribution >= 0.6 is 11.6 Å². The van der Waals surface area contributed by atoms with Crippen molar-refractivity contribution < 1.29 is 13.2 Å². The molecule has 2 amide bonds. The first-order valence-corrected chi connectivity index (χ1v) is 9.55. The minimum atomic E-state index is -3.23. The van der Waals surface area contributed by atoms with Gasteiger partial charge in [0, 0.05) is 24.0 Å². The maximum absolute atomic E-state index is 12.3. The number of hydrogen-bond donors (Lipinski definition) is 1. The molecule has 0 aliphatic heterocycles. The van der Waals surface area contributed by atoms with Crippen molar-refractivity contribution in [2.45, 2.75) is 17.9 Å². The summed E-state index contributed by atoms with van der Waals surface area (Å²) in [5, 5.41) is 3.39. The summed E-state index contributed by atoms with van der Waals surface area (Å²) >= 11 is 5.82. The number of carbonyl (C=O) groups is 1. The number of anilines is 1. The van der Waals surface area contributed by atoms with Crippen molar-refractivity contribution in [1.29, 1.82) is 0 Å². The summed E-state index contributed by atoms with van der Waals surface area (Å²) in [4.78, 5) is 14.1. The largest absolute Gasteiger partial charge is 0.322 e. The van der Waals surface area contributed by atoms with Crippen LogP contribution in [0.25, 0.3) is 0 Å². The highest BCUT2D eigenvalue weighted by molar-refractivity contribution is 7.90. The lowest BCUT2D eigenvalue weighted by Crippen LogP contribution is -2.33. The molecule has 1 unspecified atom stereocenters. The second-order valence-corrected chi connectivity index (χ2v) is 8.02. The second kappa shape index (κ2) is 7.23. The number of nitrogens with zero attached hydrogens (tertiary/aromatic N) is 1. The van der Waals surface area contributed by atoms with Crippen LogP contribution in [0.5, 0.6) is 0 Å². The standard InChI is InChI=1S/C17H19ClN2O3S/c1-12(13-4-10-16(11-5-13)24(3,22)23)20(2)17(21)19-15-8-6-14(18)7-9-15/h4-12H,1-3H3,(H,19,21). The number of benzene rings is 2. The molecule has 7 heteroatoms. The van der Waals surface area contributed by atoms with E-state index < -0.39 is 9.84 Å². The van der Waals surface area contributed by atoms with Gasteiger partial charge in [0.15, 0.2) is 9.84 Å². The molecule has 0 bridgehead atoms. The van der Waals surface area contributed by atoms with Crippen LogP contribution in [-0.2, 0) is 9.84 Å². The molecule has 0 heterocycles. The van der Waals surface area contributed by atoms with Crippen molar-refractivity contribution in [1.82, 2.24) is 4.90 Å². The molecule has 0 spiro atoms. The fraction of sp³-hybridized carbons (Fsp3) is 0.235. The quantitative estimate of drug-likeness (QED) is 0.890. The Morgan fingerprint density at radius 3 is 2.12 bits per heavy atom. The van der Waals surface area contributed by atoms with E-state index in [1.807, 2.05) is 6.92 Å². The molecule has 5 nitrogen and oxygen atoms in total. The van der Waals surface area contributed by atoms with E-state index in [0.29, 0.717) is 10.7 Å².